The summed E-state index contributed by atoms with van der Waals surface area (Å²) in [5, 5.41) is 10.7. The number of likely N-dealkylation sites (tertiary alicyclic amines) is 1. The second-order valence-corrected chi connectivity index (χ2v) is 7.71. The zero-order valence-electron chi connectivity index (χ0n) is 16.3. The number of amides is 1. The van der Waals surface area contributed by atoms with Crippen molar-refractivity contribution in [3.8, 4) is 0 Å². The van der Waals surface area contributed by atoms with Gasteiger partial charge in [0.05, 0.1) is 6.20 Å². The Kier molecular flexibility index (Phi) is 6.84. The van der Waals surface area contributed by atoms with Crippen LogP contribution < -0.4 is 10.6 Å². The highest BCUT2D eigenvalue weighted by atomic mass is 16.6. The van der Waals surface area contributed by atoms with Gasteiger partial charge in [-0.2, -0.15) is 5.10 Å². The lowest BCUT2D eigenvalue weighted by atomic mass is 10.1. The molecule has 2 rings (SSSR count). The van der Waals surface area contributed by atoms with Crippen molar-refractivity contribution in [2.45, 2.75) is 65.1 Å². The number of anilines is 1. The maximum atomic E-state index is 12.1. The minimum Gasteiger partial charge on any atom is -0.444 e. The molecular formula is C18H33N5O2. The van der Waals surface area contributed by atoms with Crippen LogP contribution in [-0.4, -0.2) is 52.1 Å². The van der Waals surface area contributed by atoms with E-state index in [4.69, 9.17) is 4.74 Å². The second kappa shape index (κ2) is 8.67. The molecular weight excluding hydrogens is 318 g/mol. The van der Waals surface area contributed by atoms with Crippen molar-refractivity contribution in [2.75, 3.05) is 25.0 Å². The fourth-order valence-corrected chi connectivity index (χ4v) is 3.10. The predicted molar refractivity (Wildman–Crippen MR) is 99.7 cm³/mol. The van der Waals surface area contributed by atoms with Gasteiger partial charge in [-0.3, -0.25) is 10.00 Å². The molecule has 0 radical (unpaired) electrons. The molecule has 7 heteroatoms. The number of rotatable bonds is 5. The topological polar surface area (TPSA) is 71.4 Å². The normalized spacial score (nSPS) is 19.5. The Morgan fingerprint density at radius 3 is 2.80 bits per heavy atom. The third kappa shape index (κ3) is 6.32. The Hall–Kier alpha value is -1.60. The molecule has 1 saturated heterocycles. The third-order valence-electron chi connectivity index (χ3n) is 4.48. The molecule has 142 valence electrons. The van der Waals surface area contributed by atoms with Crippen LogP contribution in [0.2, 0.25) is 0 Å². The Labute approximate surface area is 151 Å². The number of aryl methyl sites for hydroxylation is 1. The van der Waals surface area contributed by atoms with E-state index in [-0.39, 0.29) is 0 Å². The van der Waals surface area contributed by atoms with E-state index in [2.05, 4.69) is 27.6 Å². The van der Waals surface area contributed by atoms with Crippen molar-refractivity contribution in [3.63, 3.8) is 0 Å². The van der Waals surface area contributed by atoms with Gasteiger partial charge in [0.15, 0.2) is 0 Å². The molecule has 1 unspecified atom stereocenters. The van der Waals surface area contributed by atoms with E-state index in [0.717, 1.165) is 25.1 Å². The first-order chi connectivity index (χ1) is 11.8. The van der Waals surface area contributed by atoms with Gasteiger partial charge in [-0.15, -0.1) is 0 Å². The third-order valence-corrected chi connectivity index (χ3v) is 4.48. The molecule has 1 atom stereocenters. The summed E-state index contributed by atoms with van der Waals surface area (Å²) in [6, 6.07) is 0.506. The Balaban J connectivity index is 1.91. The van der Waals surface area contributed by atoms with Gasteiger partial charge in [0, 0.05) is 25.2 Å². The van der Waals surface area contributed by atoms with Crippen LogP contribution in [0.5, 0.6) is 0 Å². The molecule has 0 saturated carbocycles. The van der Waals surface area contributed by atoms with Crippen molar-refractivity contribution < 1.29 is 9.53 Å². The number of ether oxygens (including phenoxy) is 1. The molecule has 0 spiro atoms. The van der Waals surface area contributed by atoms with Crippen molar-refractivity contribution in [3.05, 3.63) is 11.8 Å². The highest BCUT2D eigenvalue weighted by molar-refractivity contribution is 5.84. The van der Waals surface area contributed by atoms with Crippen LogP contribution in [0, 0.1) is 0 Å². The molecule has 1 amide bonds. The van der Waals surface area contributed by atoms with Crippen LogP contribution >= 0.6 is 0 Å². The van der Waals surface area contributed by atoms with Crippen LogP contribution in [0.15, 0.2) is 6.20 Å². The zero-order chi connectivity index (χ0) is 18.4. The van der Waals surface area contributed by atoms with Gasteiger partial charge in [-0.05, 0) is 59.7 Å². The van der Waals surface area contributed by atoms with Crippen LogP contribution in [0.25, 0.3) is 0 Å². The number of hydrogen-bond donors (Lipinski definition) is 2. The lowest BCUT2D eigenvalue weighted by Gasteiger charge is -2.20. The number of carbonyl (C=O) groups is 1. The van der Waals surface area contributed by atoms with Gasteiger partial charge in [-0.25, -0.2) is 4.79 Å². The monoisotopic (exact) mass is 351 g/mol. The van der Waals surface area contributed by atoms with Crippen LogP contribution in [-0.2, 0) is 18.3 Å². The van der Waals surface area contributed by atoms with E-state index >= 15 is 0 Å². The Morgan fingerprint density at radius 2 is 2.12 bits per heavy atom. The summed E-state index contributed by atoms with van der Waals surface area (Å²) in [4.78, 5) is 14.6. The van der Waals surface area contributed by atoms with Crippen LogP contribution in [0.3, 0.4) is 0 Å². The van der Waals surface area contributed by atoms with Crippen molar-refractivity contribution in [2.24, 2.45) is 7.05 Å². The van der Waals surface area contributed by atoms with Crippen LogP contribution in [0.4, 0.5) is 10.6 Å². The summed E-state index contributed by atoms with van der Waals surface area (Å²) in [6.07, 6.45) is 4.91. The summed E-state index contributed by atoms with van der Waals surface area (Å²) < 4.78 is 7.01. The fourth-order valence-electron chi connectivity index (χ4n) is 3.10. The van der Waals surface area contributed by atoms with Gasteiger partial charge in [0.25, 0.3) is 0 Å². The number of carbonyl (C=O) groups excluding carboxylic acids is 1. The van der Waals surface area contributed by atoms with E-state index in [1.807, 2.05) is 27.8 Å². The summed E-state index contributed by atoms with van der Waals surface area (Å²) in [6.45, 7) is 11.9. The summed E-state index contributed by atoms with van der Waals surface area (Å²) in [7, 11) is 1.82. The molecule has 1 aromatic heterocycles. The van der Waals surface area contributed by atoms with Crippen molar-refractivity contribution in [1.82, 2.24) is 20.0 Å². The predicted octanol–water partition coefficient (Wildman–Crippen LogP) is 2.73. The number of nitrogens with zero attached hydrogens (tertiary/aromatic N) is 3. The Bertz CT molecular complexity index is 564. The minimum absolute atomic E-state index is 0.453. The van der Waals surface area contributed by atoms with E-state index in [1.54, 1.807) is 10.9 Å². The number of nitrogens with one attached hydrogen (secondary N) is 2. The van der Waals surface area contributed by atoms with E-state index < -0.39 is 11.7 Å². The maximum Gasteiger partial charge on any atom is 0.413 e. The van der Waals surface area contributed by atoms with E-state index in [1.165, 1.54) is 19.4 Å². The lowest BCUT2D eigenvalue weighted by Crippen LogP contribution is -2.31. The smallest absolute Gasteiger partial charge is 0.413 e. The molecule has 2 heterocycles. The molecule has 0 aliphatic carbocycles. The van der Waals surface area contributed by atoms with E-state index in [9.17, 15) is 4.79 Å². The van der Waals surface area contributed by atoms with Gasteiger partial charge in [0.1, 0.15) is 11.4 Å². The van der Waals surface area contributed by atoms with Gasteiger partial charge in [-0.1, -0.05) is 6.92 Å². The summed E-state index contributed by atoms with van der Waals surface area (Å²) in [5.41, 5.74) is 0.456. The van der Waals surface area contributed by atoms with E-state index in [0.29, 0.717) is 18.4 Å². The Morgan fingerprint density at radius 1 is 1.36 bits per heavy atom. The molecule has 1 aliphatic rings. The molecule has 25 heavy (non-hydrogen) atoms. The molecule has 0 aromatic carbocycles. The molecule has 0 bridgehead atoms. The molecule has 7 nitrogen and oxygen atoms in total. The lowest BCUT2D eigenvalue weighted by molar-refractivity contribution is 0.0634. The van der Waals surface area contributed by atoms with Gasteiger partial charge >= 0.3 is 6.09 Å². The van der Waals surface area contributed by atoms with Crippen molar-refractivity contribution in [1.29, 1.82) is 0 Å². The number of aromatic nitrogens is 2. The molecule has 2 N–H and O–H groups in total. The molecule has 1 fully saturated rings. The van der Waals surface area contributed by atoms with Crippen molar-refractivity contribution >= 4 is 11.9 Å². The largest absolute Gasteiger partial charge is 0.444 e. The van der Waals surface area contributed by atoms with Crippen LogP contribution in [0.1, 0.15) is 52.5 Å². The fraction of sp³-hybridized carbons (Fsp3) is 0.778. The average Bonchev–Trinajstić information content (AvgIpc) is 2.73. The highest BCUT2D eigenvalue weighted by Gasteiger charge is 2.20. The highest BCUT2D eigenvalue weighted by Crippen LogP contribution is 2.18. The zero-order valence-corrected chi connectivity index (χ0v) is 16.3. The maximum absolute atomic E-state index is 12.1. The van der Waals surface area contributed by atoms with Gasteiger partial charge < -0.3 is 15.0 Å². The molecule has 1 aromatic rings. The second-order valence-electron chi connectivity index (χ2n) is 7.71. The molecule has 1 aliphatic heterocycles. The SMILES string of the molecule is CCN1CCCC(NCc2cnn(C)c2NC(=O)OC(C)(C)C)CC1. The standard InChI is InChI=1S/C18H33N5O2/c1-6-23-10-7-8-15(9-11-23)19-12-14-13-20-22(5)16(14)21-17(24)25-18(2,3)4/h13,15,19H,6-12H2,1-5H3,(H,21,24). The first-order valence-corrected chi connectivity index (χ1v) is 9.25. The van der Waals surface area contributed by atoms with Gasteiger partial charge in [0.2, 0.25) is 0 Å². The summed E-state index contributed by atoms with van der Waals surface area (Å²) in [5.74, 6) is 0.686. The first-order valence-electron chi connectivity index (χ1n) is 9.25. The quantitative estimate of drug-likeness (QED) is 0.853. The minimum atomic E-state index is -0.521. The average molecular weight is 351 g/mol. The first kappa shape index (κ1) is 19.7. The number of hydrogen-bond acceptors (Lipinski definition) is 5. The summed E-state index contributed by atoms with van der Waals surface area (Å²) >= 11 is 0.